The summed E-state index contributed by atoms with van der Waals surface area (Å²) in [5, 5.41) is 6.64. The van der Waals surface area contributed by atoms with Gasteiger partial charge >= 0.3 is 0 Å². The lowest BCUT2D eigenvalue weighted by Gasteiger charge is -2.31. The first-order valence-corrected chi connectivity index (χ1v) is 14.2. The van der Waals surface area contributed by atoms with Gasteiger partial charge in [-0.15, -0.1) is 0 Å². The number of likely N-dealkylation sites (N-methyl/N-ethyl adjacent to an activating group) is 1. The highest BCUT2D eigenvalue weighted by molar-refractivity contribution is 7.89. The lowest BCUT2D eigenvalue weighted by molar-refractivity contribution is 0.103. The largest absolute Gasteiger partial charge is 0.382 e. The van der Waals surface area contributed by atoms with Crippen molar-refractivity contribution in [3.8, 4) is 0 Å². The Balaban J connectivity index is 1.35. The molecule has 2 aromatic heterocycles. The number of sulfonamides is 1. The first kappa shape index (κ1) is 27.8. The van der Waals surface area contributed by atoms with Gasteiger partial charge in [-0.3, -0.25) is 4.79 Å². The van der Waals surface area contributed by atoms with E-state index in [1.165, 1.54) is 16.6 Å². The van der Waals surface area contributed by atoms with E-state index >= 15 is 0 Å². The molecule has 0 bridgehead atoms. The Morgan fingerprint density at radius 2 is 1.87 bits per heavy atom. The van der Waals surface area contributed by atoms with Crippen molar-refractivity contribution in [2.45, 2.75) is 23.8 Å². The number of hydrogen-bond donors (Lipinski definition) is 3. The number of piperidine rings is 1. The minimum Gasteiger partial charge on any atom is -0.382 e. The van der Waals surface area contributed by atoms with Crippen LogP contribution in [0.3, 0.4) is 0 Å². The van der Waals surface area contributed by atoms with Crippen molar-refractivity contribution in [1.82, 2.24) is 19.2 Å². The summed E-state index contributed by atoms with van der Waals surface area (Å²) in [5.41, 5.74) is 5.19. The second-order valence-electron chi connectivity index (χ2n) is 9.09. The van der Waals surface area contributed by atoms with Crippen LogP contribution in [0.2, 0.25) is 0 Å². The number of rotatable bonds is 10. The van der Waals surface area contributed by atoms with Crippen LogP contribution in [-0.4, -0.2) is 79.7 Å². The second-order valence-corrected chi connectivity index (χ2v) is 12.0. The molecule has 0 atom stereocenters. The number of benzene rings is 1. The highest BCUT2D eigenvalue weighted by Crippen LogP contribution is 2.31. The minimum absolute atomic E-state index is 0.0661. The van der Waals surface area contributed by atoms with Gasteiger partial charge in [0.25, 0.3) is 0 Å². The van der Waals surface area contributed by atoms with Crippen molar-refractivity contribution in [2.75, 3.05) is 56.6 Å². The summed E-state index contributed by atoms with van der Waals surface area (Å²) in [6, 6.07) is 6.25. The molecule has 38 heavy (non-hydrogen) atoms. The Morgan fingerprint density at radius 3 is 2.47 bits per heavy atom. The summed E-state index contributed by atoms with van der Waals surface area (Å²) in [6.45, 7) is 2.05. The highest BCUT2D eigenvalue weighted by atomic mass is 32.2. The van der Waals surface area contributed by atoms with E-state index < -0.39 is 33.0 Å². The van der Waals surface area contributed by atoms with Gasteiger partial charge in [-0.1, -0.05) is 17.4 Å². The van der Waals surface area contributed by atoms with Gasteiger partial charge in [0.15, 0.2) is 5.13 Å². The molecule has 1 aliphatic heterocycles. The van der Waals surface area contributed by atoms with Crippen molar-refractivity contribution in [1.29, 1.82) is 0 Å². The molecule has 0 radical (unpaired) electrons. The number of nitrogens with one attached hydrogen (secondary N) is 2. The molecule has 4 rings (SSSR count). The fourth-order valence-corrected chi connectivity index (χ4v) is 6.32. The summed E-state index contributed by atoms with van der Waals surface area (Å²) in [6.07, 6.45) is 2.33. The van der Waals surface area contributed by atoms with Crippen molar-refractivity contribution >= 4 is 43.9 Å². The van der Waals surface area contributed by atoms with E-state index in [2.05, 4.69) is 20.6 Å². The van der Waals surface area contributed by atoms with Gasteiger partial charge in [0.1, 0.15) is 33.0 Å². The monoisotopic (exact) mass is 565 g/mol. The van der Waals surface area contributed by atoms with Gasteiger partial charge in [-0.05, 0) is 51.2 Å². The number of pyridine rings is 1. The predicted octanol–water partition coefficient (Wildman–Crippen LogP) is 2.87. The van der Waals surface area contributed by atoms with Crippen molar-refractivity contribution in [2.24, 2.45) is 0 Å². The number of aromatic nitrogens is 2. The summed E-state index contributed by atoms with van der Waals surface area (Å²) in [5.74, 6) is -2.35. The zero-order valence-electron chi connectivity index (χ0n) is 20.9. The summed E-state index contributed by atoms with van der Waals surface area (Å²) in [4.78, 5) is 23.1. The molecule has 0 aliphatic carbocycles. The number of carbonyl (C=O) groups excluding carboxylic acids is 1. The fourth-order valence-electron chi connectivity index (χ4n) is 3.99. The molecule has 0 unspecified atom stereocenters. The van der Waals surface area contributed by atoms with Gasteiger partial charge in [-0.25, -0.2) is 27.2 Å². The molecular formula is C24H29F2N7O3S2. The van der Waals surface area contributed by atoms with Gasteiger partial charge in [0, 0.05) is 38.4 Å². The van der Waals surface area contributed by atoms with Crippen LogP contribution >= 0.6 is 11.3 Å². The van der Waals surface area contributed by atoms with Crippen LogP contribution in [0.1, 0.15) is 28.1 Å². The van der Waals surface area contributed by atoms with Crippen molar-refractivity contribution in [3.63, 3.8) is 0 Å². The zero-order valence-corrected chi connectivity index (χ0v) is 22.6. The standard InChI is InChI=1S/C24H29F2N7O3S2/c1-32(2)13-10-28-19-7-6-16(14-29-19)38(35,36)33-11-8-15(9-12-33)30-24-31-23(27)22(37-24)21(34)20-17(25)4-3-5-18(20)26/h3-7,14-15H,8-13,27H2,1-2H3,(H,28,29)(H,30,31). The molecule has 0 saturated carbocycles. The number of thiazole rings is 1. The maximum atomic E-state index is 14.1. The van der Waals surface area contributed by atoms with Crippen molar-refractivity contribution < 1.29 is 22.0 Å². The molecule has 1 aromatic carbocycles. The normalized spacial score (nSPS) is 15.1. The Hall–Kier alpha value is -3.20. The van der Waals surface area contributed by atoms with Crippen LogP contribution in [-0.2, 0) is 10.0 Å². The van der Waals surface area contributed by atoms with E-state index in [-0.39, 0.29) is 34.7 Å². The number of ketones is 1. The van der Waals surface area contributed by atoms with Crippen LogP contribution < -0.4 is 16.4 Å². The summed E-state index contributed by atoms with van der Waals surface area (Å²) < 4.78 is 55.7. The number of nitrogen functional groups attached to an aromatic ring is 1. The fraction of sp³-hybridized carbons (Fsp3) is 0.375. The maximum absolute atomic E-state index is 14.1. The topological polar surface area (TPSA) is 134 Å². The average Bonchev–Trinajstić information content (AvgIpc) is 3.24. The third-order valence-corrected chi connectivity index (χ3v) is 8.95. The molecular weight excluding hydrogens is 536 g/mol. The van der Waals surface area contributed by atoms with E-state index in [0.29, 0.717) is 30.3 Å². The summed E-state index contributed by atoms with van der Waals surface area (Å²) in [7, 11) is 0.222. The molecule has 14 heteroatoms. The number of nitrogens with zero attached hydrogens (tertiary/aromatic N) is 4. The third-order valence-electron chi connectivity index (χ3n) is 6.07. The lowest BCUT2D eigenvalue weighted by Crippen LogP contribution is -2.42. The van der Waals surface area contributed by atoms with E-state index in [0.717, 1.165) is 30.0 Å². The number of nitrogens with two attached hydrogens (primary N) is 1. The number of carbonyl (C=O) groups is 1. The molecule has 1 fully saturated rings. The Morgan fingerprint density at radius 1 is 1.18 bits per heavy atom. The first-order chi connectivity index (χ1) is 18.1. The predicted molar refractivity (Wildman–Crippen MR) is 143 cm³/mol. The Bertz CT molecular complexity index is 1370. The molecule has 0 spiro atoms. The van der Waals surface area contributed by atoms with E-state index in [1.54, 1.807) is 12.1 Å². The van der Waals surface area contributed by atoms with Gasteiger partial charge in [0.05, 0.1) is 5.56 Å². The van der Waals surface area contributed by atoms with Crippen LogP contribution in [0.25, 0.3) is 0 Å². The van der Waals surface area contributed by atoms with Crippen LogP contribution in [0, 0.1) is 11.6 Å². The van der Waals surface area contributed by atoms with Crippen molar-refractivity contribution in [3.05, 3.63) is 58.6 Å². The lowest BCUT2D eigenvalue weighted by atomic mass is 10.1. The van der Waals surface area contributed by atoms with Gasteiger partial charge in [-0.2, -0.15) is 4.31 Å². The second kappa shape index (κ2) is 11.7. The SMILES string of the molecule is CN(C)CCNc1ccc(S(=O)(=O)N2CCC(Nc3nc(N)c(C(=O)c4c(F)cccc4F)s3)CC2)cn1. The summed E-state index contributed by atoms with van der Waals surface area (Å²) >= 11 is 0.906. The maximum Gasteiger partial charge on any atom is 0.244 e. The Labute approximate surface area is 223 Å². The van der Waals surface area contributed by atoms with Crippen LogP contribution in [0.5, 0.6) is 0 Å². The Kier molecular flexibility index (Phi) is 8.55. The average molecular weight is 566 g/mol. The molecule has 3 aromatic rings. The molecule has 3 heterocycles. The highest BCUT2D eigenvalue weighted by Gasteiger charge is 2.31. The smallest absolute Gasteiger partial charge is 0.244 e. The first-order valence-electron chi connectivity index (χ1n) is 11.9. The van der Waals surface area contributed by atoms with E-state index in [1.807, 2.05) is 19.0 Å². The zero-order chi connectivity index (χ0) is 27.4. The quantitative estimate of drug-likeness (QED) is 0.317. The molecule has 10 nitrogen and oxygen atoms in total. The molecule has 4 N–H and O–H groups in total. The third kappa shape index (κ3) is 6.26. The number of halogens is 2. The van der Waals surface area contributed by atoms with E-state index in [4.69, 9.17) is 5.73 Å². The molecule has 0 amide bonds. The molecule has 204 valence electrons. The minimum atomic E-state index is -3.70. The number of anilines is 3. The van der Waals surface area contributed by atoms with Crippen LogP contribution in [0.15, 0.2) is 41.4 Å². The van der Waals surface area contributed by atoms with Gasteiger partial charge < -0.3 is 21.3 Å². The van der Waals surface area contributed by atoms with Gasteiger partial charge in [0.2, 0.25) is 15.8 Å². The van der Waals surface area contributed by atoms with E-state index in [9.17, 15) is 22.0 Å². The van der Waals surface area contributed by atoms with Crippen LogP contribution in [0.4, 0.5) is 25.5 Å². The number of hydrogen-bond acceptors (Lipinski definition) is 10. The molecule has 1 saturated heterocycles. The molecule has 1 aliphatic rings.